The predicted octanol–water partition coefficient (Wildman–Crippen LogP) is 5.90. The summed E-state index contributed by atoms with van der Waals surface area (Å²) < 4.78 is 67.9. The van der Waals surface area contributed by atoms with Crippen LogP contribution in [0.15, 0.2) is 30.3 Å². The number of amides is 2. The van der Waals surface area contributed by atoms with Crippen molar-refractivity contribution in [3.63, 3.8) is 0 Å². The van der Waals surface area contributed by atoms with E-state index < -0.39 is 41.2 Å². The zero-order valence-electron chi connectivity index (χ0n) is 24.8. The molecular weight excluding hydrogens is 568 g/mol. The van der Waals surface area contributed by atoms with Gasteiger partial charge in [0, 0.05) is 37.8 Å². The van der Waals surface area contributed by atoms with Crippen LogP contribution in [-0.4, -0.2) is 67.9 Å². The Morgan fingerprint density at radius 3 is 2.33 bits per heavy atom. The maximum absolute atomic E-state index is 15.5. The van der Waals surface area contributed by atoms with Gasteiger partial charge in [-0.2, -0.15) is 0 Å². The summed E-state index contributed by atoms with van der Waals surface area (Å²) in [6.45, 7) is 9.60. The molecule has 2 unspecified atom stereocenters. The first-order chi connectivity index (χ1) is 20.3. The Bertz CT molecular complexity index is 1350. The first-order valence-electron chi connectivity index (χ1n) is 14.6. The molecule has 2 N–H and O–H groups in total. The standard InChI is InChI=1S/C31H38F4N4O4/c1-17(20-6-5-7-21(26(20)33)28(34)35)36-29(40)22-13-25(38-8-10-42-11-9-38)23(32)14-24(22)37-27-18-12-19(27)16-39(15-18)30(41)43-31(2,3)4/h5-7,13-14,17-19,27-28,37H,8-12,15-16H2,1-4H3,(H,36,40)/t17-,18?,19?,27?/m1/s1. The minimum Gasteiger partial charge on any atom is -0.444 e. The van der Waals surface area contributed by atoms with Crippen LogP contribution in [0, 0.1) is 23.5 Å². The molecule has 1 aliphatic carbocycles. The van der Waals surface area contributed by atoms with Gasteiger partial charge in [0.1, 0.15) is 17.2 Å². The second-order valence-electron chi connectivity index (χ2n) is 12.5. The molecule has 0 aromatic heterocycles. The van der Waals surface area contributed by atoms with Crippen molar-refractivity contribution in [3.05, 3.63) is 58.7 Å². The molecule has 1 saturated carbocycles. The monoisotopic (exact) mass is 606 g/mol. The number of anilines is 2. The molecule has 234 valence electrons. The van der Waals surface area contributed by atoms with Crippen molar-refractivity contribution in [1.29, 1.82) is 0 Å². The highest BCUT2D eigenvalue weighted by Crippen LogP contribution is 2.43. The van der Waals surface area contributed by atoms with Gasteiger partial charge in [-0.3, -0.25) is 4.79 Å². The summed E-state index contributed by atoms with van der Waals surface area (Å²) in [5.74, 6) is -2.03. The van der Waals surface area contributed by atoms with Gasteiger partial charge in [0.2, 0.25) is 0 Å². The number of benzene rings is 2. The molecule has 2 saturated heterocycles. The Kier molecular flexibility index (Phi) is 8.78. The van der Waals surface area contributed by atoms with Crippen LogP contribution in [0.1, 0.15) is 68.1 Å². The van der Waals surface area contributed by atoms with Crippen molar-refractivity contribution in [2.75, 3.05) is 49.6 Å². The fraction of sp³-hybridized carbons (Fsp3) is 0.548. The molecule has 8 nitrogen and oxygen atoms in total. The third-order valence-corrected chi connectivity index (χ3v) is 8.30. The summed E-state index contributed by atoms with van der Waals surface area (Å²) in [6.07, 6.45) is -2.50. The minimum absolute atomic E-state index is 0.0769. The molecule has 2 aromatic carbocycles. The van der Waals surface area contributed by atoms with E-state index >= 15 is 4.39 Å². The van der Waals surface area contributed by atoms with Gasteiger partial charge in [0.05, 0.1) is 41.8 Å². The van der Waals surface area contributed by atoms with Crippen LogP contribution in [0.2, 0.25) is 0 Å². The van der Waals surface area contributed by atoms with Gasteiger partial charge in [-0.05, 0) is 58.1 Å². The molecule has 3 fully saturated rings. The number of nitrogens with zero attached hydrogens (tertiary/aromatic N) is 2. The van der Waals surface area contributed by atoms with Gasteiger partial charge in [-0.15, -0.1) is 0 Å². The third kappa shape index (κ3) is 6.68. The lowest BCUT2D eigenvalue weighted by atomic mass is 9.66. The average molecular weight is 607 g/mol. The number of halogens is 4. The molecule has 2 amide bonds. The van der Waals surface area contributed by atoms with Crippen molar-refractivity contribution >= 4 is 23.4 Å². The number of hydrogen-bond acceptors (Lipinski definition) is 6. The second kappa shape index (κ2) is 12.2. The van der Waals surface area contributed by atoms with Crippen molar-refractivity contribution < 1.29 is 36.6 Å². The van der Waals surface area contributed by atoms with E-state index in [1.54, 1.807) is 9.80 Å². The van der Waals surface area contributed by atoms with Crippen LogP contribution in [0.5, 0.6) is 0 Å². The molecule has 43 heavy (non-hydrogen) atoms. The van der Waals surface area contributed by atoms with E-state index in [4.69, 9.17) is 9.47 Å². The second-order valence-corrected chi connectivity index (χ2v) is 12.5. The van der Waals surface area contributed by atoms with Crippen LogP contribution >= 0.6 is 0 Å². The van der Waals surface area contributed by atoms with Gasteiger partial charge in [-0.1, -0.05) is 18.2 Å². The van der Waals surface area contributed by atoms with Crippen LogP contribution in [0.25, 0.3) is 0 Å². The fourth-order valence-electron chi connectivity index (χ4n) is 6.12. The van der Waals surface area contributed by atoms with E-state index in [9.17, 15) is 22.8 Å². The lowest BCUT2D eigenvalue weighted by Crippen LogP contribution is -2.62. The fourth-order valence-corrected chi connectivity index (χ4v) is 6.12. The Morgan fingerprint density at radius 1 is 1.05 bits per heavy atom. The summed E-state index contributed by atoms with van der Waals surface area (Å²) in [5, 5.41) is 6.07. The number of ether oxygens (including phenoxy) is 2. The van der Waals surface area contributed by atoms with Gasteiger partial charge >= 0.3 is 6.09 Å². The number of rotatable bonds is 7. The molecule has 2 aliphatic heterocycles. The topological polar surface area (TPSA) is 83.1 Å². The van der Waals surface area contributed by atoms with E-state index in [2.05, 4.69) is 10.6 Å². The molecular formula is C31H38F4N4O4. The van der Waals surface area contributed by atoms with E-state index in [1.165, 1.54) is 31.2 Å². The highest BCUT2D eigenvalue weighted by Gasteiger charge is 2.49. The van der Waals surface area contributed by atoms with Crippen molar-refractivity contribution in [2.24, 2.45) is 11.8 Å². The zero-order chi connectivity index (χ0) is 31.1. The number of likely N-dealkylation sites (tertiary alicyclic amines) is 1. The molecule has 2 bridgehead atoms. The van der Waals surface area contributed by atoms with Crippen molar-refractivity contribution in [3.8, 4) is 0 Å². The number of carbonyl (C=O) groups excluding carboxylic acids is 2. The maximum atomic E-state index is 15.5. The quantitative estimate of drug-likeness (QED) is 0.382. The molecule has 3 aliphatic rings. The van der Waals surface area contributed by atoms with Crippen LogP contribution < -0.4 is 15.5 Å². The minimum atomic E-state index is -3.00. The Labute approximate surface area is 248 Å². The van der Waals surface area contributed by atoms with E-state index in [-0.39, 0.29) is 46.5 Å². The number of morpholine rings is 1. The highest BCUT2D eigenvalue weighted by atomic mass is 19.3. The molecule has 12 heteroatoms. The van der Waals surface area contributed by atoms with E-state index in [1.807, 2.05) is 20.8 Å². The molecule has 2 aromatic rings. The first kappa shape index (κ1) is 30.9. The lowest BCUT2D eigenvalue weighted by molar-refractivity contribution is -0.0223. The van der Waals surface area contributed by atoms with Gasteiger partial charge in [0.15, 0.2) is 0 Å². The predicted molar refractivity (Wildman–Crippen MR) is 153 cm³/mol. The number of nitrogens with one attached hydrogen (secondary N) is 2. The smallest absolute Gasteiger partial charge is 0.410 e. The van der Waals surface area contributed by atoms with Crippen LogP contribution in [0.4, 0.5) is 33.7 Å². The zero-order valence-corrected chi connectivity index (χ0v) is 24.8. The van der Waals surface area contributed by atoms with Crippen LogP contribution in [0.3, 0.4) is 0 Å². The molecule has 0 radical (unpaired) electrons. The Hall–Kier alpha value is -3.54. The van der Waals surface area contributed by atoms with Gasteiger partial charge < -0.3 is 29.9 Å². The summed E-state index contributed by atoms with van der Waals surface area (Å²) in [5.41, 5.74) is -0.775. The summed E-state index contributed by atoms with van der Waals surface area (Å²) in [7, 11) is 0. The largest absolute Gasteiger partial charge is 0.444 e. The van der Waals surface area contributed by atoms with Gasteiger partial charge in [0.25, 0.3) is 12.3 Å². The first-order valence-corrected chi connectivity index (χ1v) is 14.6. The number of hydrogen-bond donors (Lipinski definition) is 2. The summed E-state index contributed by atoms with van der Waals surface area (Å²) >= 11 is 0. The SMILES string of the molecule is C[C@@H](NC(=O)c1cc(N2CCOCC2)c(F)cc1NC1C2CC1CN(C(=O)OC(C)(C)C)C2)c1cccc(C(F)F)c1F. The molecule has 0 spiro atoms. The summed E-state index contributed by atoms with van der Waals surface area (Å²) in [6, 6.07) is 5.40. The normalized spacial score (nSPS) is 22.6. The highest BCUT2D eigenvalue weighted by molar-refractivity contribution is 6.01. The van der Waals surface area contributed by atoms with Crippen molar-refractivity contribution in [2.45, 2.75) is 58.2 Å². The lowest BCUT2D eigenvalue weighted by Gasteiger charge is -2.53. The molecule has 3 atom stereocenters. The van der Waals surface area contributed by atoms with Crippen LogP contribution in [-0.2, 0) is 9.47 Å². The molecule has 2 heterocycles. The summed E-state index contributed by atoms with van der Waals surface area (Å²) in [4.78, 5) is 29.8. The third-order valence-electron chi connectivity index (χ3n) is 8.30. The number of carbonyl (C=O) groups is 2. The van der Waals surface area contributed by atoms with E-state index in [0.717, 1.165) is 12.5 Å². The van der Waals surface area contributed by atoms with Crippen molar-refractivity contribution in [1.82, 2.24) is 10.2 Å². The van der Waals surface area contributed by atoms with Gasteiger partial charge in [-0.25, -0.2) is 22.4 Å². The Morgan fingerprint density at radius 2 is 1.70 bits per heavy atom. The maximum Gasteiger partial charge on any atom is 0.410 e. The number of alkyl halides is 2. The van der Waals surface area contributed by atoms with E-state index in [0.29, 0.717) is 39.4 Å². The Balaban J connectivity index is 1.38. The number of piperidine rings is 2. The average Bonchev–Trinajstić information content (AvgIpc) is 2.95. The number of fused-ring (bicyclic) bond motifs is 2. The molecule has 5 rings (SSSR count).